The smallest absolute Gasteiger partial charge is 0.303 e. The van der Waals surface area contributed by atoms with Gasteiger partial charge in [0, 0.05) is 26.1 Å². The summed E-state index contributed by atoms with van der Waals surface area (Å²) in [6.45, 7) is 1.69. The molecule has 13 heavy (non-hydrogen) atoms. The predicted octanol–water partition coefficient (Wildman–Crippen LogP) is 1.05. The number of hydrogen-bond donors (Lipinski definition) is 1. The van der Waals surface area contributed by atoms with Crippen LogP contribution >= 0.6 is 0 Å². The Bertz CT molecular complexity index is 181. The Hall–Kier alpha value is -0.710. The topological polar surface area (TPSA) is 40.5 Å². The van der Waals surface area contributed by atoms with Crippen LogP contribution in [0.2, 0.25) is 0 Å². The molecule has 3 nitrogen and oxygen atoms in total. The van der Waals surface area contributed by atoms with Gasteiger partial charge in [0.25, 0.3) is 0 Å². The van der Waals surface area contributed by atoms with Gasteiger partial charge in [0.2, 0.25) is 6.43 Å². The maximum atomic E-state index is 11.7. The number of nitrogens with zero attached hydrogens (tertiary/aromatic N) is 1. The second-order valence-electron chi connectivity index (χ2n) is 3.40. The van der Waals surface area contributed by atoms with Gasteiger partial charge in [0.15, 0.2) is 0 Å². The lowest BCUT2D eigenvalue weighted by molar-refractivity contribution is -0.139. The van der Waals surface area contributed by atoms with E-state index in [1.54, 1.807) is 0 Å². The van der Waals surface area contributed by atoms with E-state index in [0.717, 1.165) is 0 Å². The number of rotatable bonds is 5. The van der Waals surface area contributed by atoms with E-state index in [1.807, 2.05) is 4.90 Å². The Morgan fingerprint density at radius 1 is 1.54 bits per heavy atom. The summed E-state index contributed by atoms with van der Waals surface area (Å²) in [7, 11) is 0. The molecule has 0 aliphatic carbocycles. The molecule has 0 aromatic carbocycles. The highest BCUT2D eigenvalue weighted by atomic mass is 19.3. The largest absolute Gasteiger partial charge is 0.481 e. The molecule has 0 aromatic rings. The van der Waals surface area contributed by atoms with Crippen LogP contribution in [-0.4, -0.2) is 42.0 Å². The van der Waals surface area contributed by atoms with E-state index in [9.17, 15) is 13.6 Å². The fourth-order valence-corrected chi connectivity index (χ4v) is 1.52. The summed E-state index contributed by atoms with van der Waals surface area (Å²) in [5.74, 6) is -0.645. The zero-order valence-corrected chi connectivity index (χ0v) is 7.25. The minimum Gasteiger partial charge on any atom is -0.481 e. The maximum Gasteiger partial charge on any atom is 0.303 e. The Kier molecular flexibility index (Phi) is 3.59. The van der Waals surface area contributed by atoms with E-state index in [0.29, 0.717) is 19.6 Å². The molecule has 0 amide bonds. The molecule has 0 atom stereocenters. The van der Waals surface area contributed by atoms with Crippen LogP contribution in [0.25, 0.3) is 0 Å². The number of hydrogen-bond acceptors (Lipinski definition) is 2. The first-order valence-corrected chi connectivity index (χ1v) is 4.30. The Morgan fingerprint density at radius 3 is 2.62 bits per heavy atom. The van der Waals surface area contributed by atoms with Crippen molar-refractivity contribution in [1.29, 1.82) is 0 Å². The second-order valence-corrected chi connectivity index (χ2v) is 3.40. The summed E-state index contributed by atoms with van der Waals surface area (Å²) in [5.41, 5.74) is 0. The van der Waals surface area contributed by atoms with Crippen LogP contribution < -0.4 is 0 Å². The SMILES string of the molecule is O=C(O)CC1CN(CCC(F)F)C1. The third kappa shape index (κ3) is 3.67. The molecule has 0 unspecified atom stereocenters. The number of likely N-dealkylation sites (tertiary alicyclic amines) is 1. The summed E-state index contributed by atoms with van der Waals surface area (Å²) in [6.07, 6.45) is -2.20. The normalized spacial score (nSPS) is 19.0. The van der Waals surface area contributed by atoms with Gasteiger partial charge in [-0.05, 0) is 5.92 Å². The van der Waals surface area contributed by atoms with E-state index in [-0.39, 0.29) is 18.8 Å². The number of halogens is 2. The van der Waals surface area contributed by atoms with Crippen molar-refractivity contribution in [3.05, 3.63) is 0 Å². The van der Waals surface area contributed by atoms with Gasteiger partial charge in [-0.1, -0.05) is 0 Å². The summed E-state index contributed by atoms with van der Waals surface area (Å²) < 4.78 is 23.5. The lowest BCUT2D eigenvalue weighted by atomic mass is 9.96. The van der Waals surface area contributed by atoms with E-state index in [4.69, 9.17) is 5.11 Å². The Morgan fingerprint density at radius 2 is 2.15 bits per heavy atom. The number of alkyl halides is 2. The van der Waals surface area contributed by atoms with E-state index < -0.39 is 12.4 Å². The van der Waals surface area contributed by atoms with Crippen LogP contribution in [0.4, 0.5) is 8.78 Å². The Labute approximate surface area is 75.3 Å². The highest BCUT2D eigenvalue weighted by molar-refractivity contribution is 5.67. The van der Waals surface area contributed by atoms with E-state index >= 15 is 0 Å². The van der Waals surface area contributed by atoms with Crippen LogP contribution in [0.3, 0.4) is 0 Å². The molecule has 0 bridgehead atoms. The monoisotopic (exact) mass is 193 g/mol. The fourth-order valence-electron chi connectivity index (χ4n) is 1.52. The number of carbonyl (C=O) groups is 1. The minimum absolute atomic E-state index is 0.111. The highest BCUT2D eigenvalue weighted by Crippen LogP contribution is 2.19. The van der Waals surface area contributed by atoms with Gasteiger partial charge in [-0.25, -0.2) is 8.78 Å². The third-order valence-corrected chi connectivity index (χ3v) is 2.16. The summed E-state index contributed by atoms with van der Waals surface area (Å²) in [4.78, 5) is 12.1. The van der Waals surface area contributed by atoms with Crippen molar-refractivity contribution in [3.63, 3.8) is 0 Å². The van der Waals surface area contributed by atoms with Crippen molar-refractivity contribution in [2.45, 2.75) is 19.3 Å². The van der Waals surface area contributed by atoms with Crippen LogP contribution in [0.1, 0.15) is 12.8 Å². The van der Waals surface area contributed by atoms with Crippen molar-refractivity contribution in [3.8, 4) is 0 Å². The molecule has 1 N–H and O–H groups in total. The molecule has 1 heterocycles. The molecule has 1 fully saturated rings. The zero-order valence-electron chi connectivity index (χ0n) is 7.25. The fraction of sp³-hybridized carbons (Fsp3) is 0.875. The lowest BCUT2D eigenvalue weighted by Crippen LogP contribution is -2.47. The van der Waals surface area contributed by atoms with E-state index in [1.165, 1.54) is 0 Å². The average Bonchev–Trinajstić information content (AvgIpc) is 1.92. The molecule has 1 saturated heterocycles. The average molecular weight is 193 g/mol. The molecular formula is C8H13F2NO2. The third-order valence-electron chi connectivity index (χ3n) is 2.16. The quantitative estimate of drug-likeness (QED) is 0.709. The first kappa shape index (κ1) is 10.4. The first-order valence-electron chi connectivity index (χ1n) is 4.30. The molecule has 1 rings (SSSR count). The molecule has 5 heteroatoms. The molecule has 0 aromatic heterocycles. The van der Waals surface area contributed by atoms with Gasteiger partial charge in [0.1, 0.15) is 0 Å². The number of carboxylic acids is 1. The van der Waals surface area contributed by atoms with Gasteiger partial charge < -0.3 is 10.0 Å². The molecule has 1 aliphatic rings. The molecular weight excluding hydrogens is 180 g/mol. The summed E-state index contributed by atoms with van der Waals surface area (Å²) in [5, 5.41) is 8.41. The van der Waals surface area contributed by atoms with Crippen molar-refractivity contribution in [1.82, 2.24) is 4.90 Å². The van der Waals surface area contributed by atoms with E-state index in [2.05, 4.69) is 0 Å². The van der Waals surface area contributed by atoms with Crippen LogP contribution in [0.5, 0.6) is 0 Å². The van der Waals surface area contributed by atoms with Gasteiger partial charge in [0.05, 0.1) is 6.42 Å². The van der Waals surface area contributed by atoms with Gasteiger partial charge in [-0.3, -0.25) is 4.79 Å². The molecule has 76 valence electrons. The van der Waals surface area contributed by atoms with Gasteiger partial charge in [-0.2, -0.15) is 0 Å². The van der Waals surface area contributed by atoms with Crippen molar-refractivity contribution < 1.29 is 18.7 Å². The second kappa shape index (κ2) is 4.50. The minimum atomic E-state index is -2.25. The highest BCUT2D eigenvalue weighted by Gasteiger charge is 2.28. The summed E-state index contributed by atoms with van der Waals surface area (Å²) in [6, 6.07) is 0. The van der Waals surface area contributed by atoms with Crippen molar-refractivity contribution >= 4 is 5.97 Å². The molecule has 1 aliphatic heterocycles. The van der Waals surface area contributed by atoms with Gasteiger partial charge in [-0.15, -0.1) is 0 Å². The van der Waals surface area contributed by atoms with Gasteiger partial charge >= 0.3 is 5.97 Å². The van der Waals surface area contributed by atoms with Crippen molar-refractivity contribution in [2.75, 3.05) is 19.6 Å². The number of aliphatic carboxylic acids is 1. The molecule has 0 saturated carbocycles. The van der Waals surface area contributed by atoms with Crippen LogP contribution in [0.15, 0.2) is 0 Å². The number of carboxylic acid groups (broad SMARTS) is 1. The maximum absolute atomic E-state index is 11.7. The standard InChI is InChI=1S/C8H13F2NO2/c9-7(10)1-2-11-4-6(5-11)3-8(12)13/h6-7H,1-5H2,(H,12,13). The van der Waals surface area contributed by atoms with Crippen LogP contribution in [-0.2, 0) is 4.79 Å². The summed E-state index contributed by atoms with van der Waals surface area (Å²) >= 11 is 0. The Balaban J connectivity index is 2.02. The zero-order chi connectivity index (χ0) is 9.84. The molecule has 0 spiro atoms. The first-order chi connectivity index (χ1) is 6.08. The lowest BCUT2D eigenvalue weighted by Gasteiger charge is -2.38. The molecule has 0 radical (unpaired) electrons. The van der Waals surface area contributed by atoms with Crippen LogP contribution in [0, 0.1) is 5.92 Å². The van der Waals surface area contributed by atoms with Crippen molar-refractivity contribution in [2.24, 2.45) is 5.92 Å². The predicted molar refractivity (Wildman–Crippen MR) is 42.8 cm³/mol.